The van der Waals surface area contributed by atoms with Crippen LogP contribution in [0, 0.1) is 5.92 Å². The number of ether oxygens (including phenoxy) is 1. The van der Waals surface area contributed by atoms with E-state index in [2.05, 4.69) is 15.0 Å². The van der Waals surface area contributed by atoms with Crippen LogP contribution in [0.15, 0.2) is 23.2 Å². The normalized spacial score (nSPS) is 15.1. The van der Waals surface area contributed by atoms with Crippen molar-refractivity contribution in [2.75, 3.05) is 31.6 Å². The summed E-state index contributed by atoms with van der Waals surface area (Å²) in [5, 5.41) is 3.03. The highest BCUT2D eigenvalue weighted by atomic mass is 32.2. The summed E-state index contributed by atoms with van der Waals surface area (Å²) in [6.07, 6.45) is 4.94. The average molecular weight is 313 g/mol. The Bertz CT molecular complexity index is 544. The predicted octanol–water partition coefficient (Wildman–Crippen LogP) is 1.61. The summed E-state index contributed by atoms with van der Waals surface area (Å²) in [5.41, 5.74) is 0. The van der Waals surface area contributed by atoms with Gasteiger partial charge in [-0.3, -0.25) is 0 Å². The van der Waals surface area contributed by atoms with Gasteiger partial charge in [0.05, 0.1) is 6.61 Å². The van der Waals surface area contributed by atoms with E-state index in [-0.39, 0.29) is 11.4 Å². The van der Waals surface area contributed by atoms with Gasteiger partial charge < -0.3 is 10.1 Å². The fraction of sp³-hybridized carbons (Fsp3) is 0.643. The Kier molecular flexibility index (Phi) is 5.96. The van der Waals surface area contributed by atoms with E-state index in [1.54, 1.807) is 18.3 Å². The number of nitrogens with zero attached hydrogens (tertiary/aromatic N) is 1. The molecule has 6 nitrogen and oxygen atoms in total. The third-order valence-electron chi connectivity index (χ3n) is 3.19. The lowest BCUT2D eigenvalue weighted by Crippen LogP contribution is -2.28. The van der Waals surface area contributed by atoms with Crippen LogP contribution in [0.5, 0.6) is 0 Å². The van der Waals surface area contributed by atoms with E-state index in [4.69, 9.17) is 4.74 Å². The summed E-state index contributed by atoms with van der Waals surface area (Å²) in [6, 6.07) is 3.17. The molecule has 0 radical (unpaired) electrons. The molecule has 1 aliphatic carbocycles. The lowest BCUT2D eigenvalue weighted by molar-refractivity contribution is 0.129. The van der Waals surface area contributed by atoms with Crippen molar-refractivity contribution in [1.29, 1.82) is 0 Å². The monoisotopic (exact) mass is 313 g/mol. The molecule has 1 saturated carbocycles. The second-order valence-corrected chi connectivity index (χ2v) is 6.93. The van der Waals surface area contributed by atoms with Gasteiger partial charge in [0.25, 0.3) is 0 Å². The summed E-state index contributed by atoms with van der Waals surface area (Å²) < 4.78 is 32.5. The largest absolute Gasteiger partial charge is 0.380 e. The minimum absolute atomic E-state index is 0.181. The molecule has 0 aliphatic heterocycles. The number of rotatable bonds is 10. The van der Waals surface area contributed by atoms with E-state index in [9.17, 15) is 8.42 Å². The van der Waals surface area contributed by atoms with Crippen LogP contribution in [-0.4, -0.2) is 39.7 Å². The number of nitrogens with one attached hydrogen (secondary N) is 2. The third kappa shape index (κ3) is 5.26. The summed E-state index contributed by atoms with van der Waals surface area (Å²) >= 11 is 0. The van der Waals surface area contributed by atoms with E-state index < -0.39 is 10.0 Å². The molecule has 0 amide bonds. The summed E-state index contributed by atoms with van der Waals surface area (Å²) in [6.45, 7) is 4.10. The van der Waals surface area contributed by atoms with E-state index in [1.807, 2.05) is 6.92 Å². The molecular formula is C14H23N3O3S. The lowest BCUT2D eigenvalue weighted by atomic mass is 10.4. The first-order valence-electron chi connectivity index (χ1n) is 7.40. The Morgan fingerprint density at radius 2 is 2.19 bits per heavy atom. The second-order valence-electron chi connectivity index (χ2n) is 5.19. The Morgan fingerprint density at radius 1 is 1.38 bits per heavy atom. The minimum atomic E-state index is -3.56. The smallest absolute Gasteiger partial charge is 0.244 e. The molecule has 0 unspecified atom stereocenters. The van der Waals surface area contributed by atoms with Crippen LogP contribution in [0.3, 0.4) is 0 Å². The van der Waals surface area contributed by atoms with Crippen LogP contribution in [0.1, 0.15) is 26.2 Å². The maximum Gasteiger partial charge on any atom is 0.244 e. The van der Waals surface area contributed by atoms with Crippen LogP contribution < -0.4 is 10.0 Å². The standard InChI is InChI=1S/C14H23N3O3S/c1-2-7-15-14-13(4-3-8-16-14)21(18,19)17-9-10-20-11-12-5-6-12/h3-4,8,12,17H,2,5-7,9-11H2,1H3,(H,15,16). The van der Waals surface area contributed by atoms with Crippen molar-refractivity contribution in [3.05, 3.63) is 18.3 Å². The number of hydrogen-bond acceptors (Lipinski definition) is 5. The van der Waals surface area contributed by atoms with Gasteiger partial charge in [0.15, 0.2) is 0 Å². The highest BCUT2D eigenvalue weighted by Gasteiger charge is 2.21. The van der Waals surface area contributed by atoms with Crippen LogP contribution in [0.25, 0.3) is 0 Å². The zero-order valence-electron chi connectivity index (χ0n) is 12.3. The maximum absolute atomic E-state index is 12.3. The van der Waals surface area contributed by atoms with Crippen molar-refractivity contribution < 1.29 is 13.2 Å². The zero-order valence-corrected chi connectivity index (χ0v) is 13.2. The summed E-state index contributed by atoms with van der Waals surface area (Å²) in [4.78, 5) is 4.28. The van der Waals surface area contributed by atoms with E-state index in [0.717, 1.165) is 13.0 Å². The molecule has 2 N–H and O–H groups in total. The number of hydrogen-bond donors (Lipinski definition) is 2. The number of pyridine rings is 1. The molecule has 0 aromatic carbocycles. The lowest BCUT2D eigenvalue weighted by Gasteiger charge is -2.11. The van der Waals surface area contributed by atoms with Gasteiger partial charge in [-0.05, 0) is 37.3 Å². The Hall–Kier alpha value is -1.18. The van der Waals surface area contributed by atoms with Crippen molar-refractivity contribution in [1.82, 2.24) is 9.71 Å². The van der Waals surface area contributed by atoms with Crippen molar-refractivity contribution >= 4 is 15.8 Å². The quantitative estimate of drug-likeness (QED) is 0.641. The van der Waals surface area contributed by atoms with Gasteiger partial charge in [0, 0.05) is 25.9 Å². The van der Waals surface area contributed by atoms with Crippen molar-refractivity contribution in [3.63, 3.8) is 0 Å². The number of anilines is 1. The molecule has 0 bridgehead atoms. The summed E-state index contributed by atoms with van der Waals surface area (Å²) in [5.74, 6) is 1.08. The van der Waals surface area contributed by atoms with Crippen molar-refractivity contribution in [3.8, 4) is 0 Å². The topological polar surface area (TPSA) is 80.3 Å². The van der Waals surface area contributed by atoms with E-state index >= 15 is 0 Å². The molecule has 1 aliphatic rings. The number of sulfonamides is 1. The average Bonchev–Trinajstić information content (AvgIpc) is 3.29. The Labute approximate surface area is 126 Å². The van der Waals surface area contributed by atoms with Crippen LogP contribution in [0.4, 0.5) is 5.82 Å². The number of aromatic nitrogens is 1. The molecule has 0 saturated heterocycles. The van der Waals surface area contributed by atoms with Gasteiger partial charge >= 0.3 is 0 Å². The third-order valence-corrected chi connectivity index (χ3v) is 4.68. The van der Waals surface area contributed by atoms with Crippen molar-refractivity contribution in [2.24, 2.45) is 5.92 Å². The van der Waals surface area contributed by atoms with Crippen molar-refractivity contribution in [2.45, 2.75) is 31.1 Å². The maximum atomic E-state index is 12.3. The fourth-order valence-electron chi connectivity index (χ4n) is 1.84. The molecular weight excluding hydrogens is 290 g/mol. The van der Waals surface area contributed by atoms with Crippen LogP contribution in [-0.2, 0) is 14.8 Å². The minimum Gasteiger partial charge on any atom is -0.380 e. The first-order valence-corrected chi connectivity index (χ1v) is 8.88. The Balaban J connectivity index is 1.87. The molecule has 1 aromatic heterocycles. The molecule has 0 atom stereocenters. The summed E-state index contributed by atoms with van der Waals surface area (Å²) in [7, 11) is -3.56. The molecule has 0 spiro atoms. The second kappa shape index (κ2) is 7.72. The molecule has 1 fully saturated rings. The van der Waals surface area contributed by atoms with Gasteiger partial charge in [-0.1, -0.05) is 6.92 Å². The molecule has 1 aromatic rings. The van der Waals surface area contributed by atoms with Crippen LogP contribution in [0.2, 0.25) is 0 Å². The van der Waals surface area contributed by atoms with Gasteiger partial charge in [0.2, 0.25) is 10.0 Å². The zero-order chi connectivity index (χ0) is 15.1. The van der Waals surface area contributed by atoms with Gasteiger partial charge in [-0.2, -0.15) is 0 Å². The SMILES string of the molecule is CCCNc1ncccc1S(=O)(=O)NCCOCC1CC1. The van der Waals surface area contributed by atoms with Gasteiger partial charge in [0.1, 0.15) is 10.7 Å². The molecule has 2 rings (SSSR count). The molecule has 118 valence electrons. The first kappa shape index (κ1) is 16.2. The predicted molar refractivity (Wildman–Crippen MR) is 81.7 cm³/mol. The molecule has 1 heterocycles. The first-order chi connectivity index (χ1) is 10.1. The molecule has 7 heteroatoms. The fourth-order valence-corrected chi connectivity index (χ4v) is 2.99. The van der Waals surface area contributed by atoms with E-state index in [1.165, 1.54) is 12.8 Å². The highest BCUT2D eigenvalue weighted by Crippen LogP contribution is 2.28. The van der Waals surface area contributed by atoms with Gasteiger partial charge in [-0.15, -0.1) is 0 Å². The highest BCUT2D eigenvalue weighted by molar-refractivity contribution is 7.89. The van der Waals surface area contributed by atoms with Crippen LogP contribution >= 0.6 is 0 Å². The molecule has 21 heavy (non-hydrogen) atoms. The Morgan fingerprint density at radius 3 is 2.90 bits per heavy atom. The van der Waals surface area contributed by atoms with E-state index in [0.29, 0.717) is 24.9 Å². The van der Waals surface area contributed by atoms with Gasteiger partial charge in [-0.25, -0.2) is 18.1 Å².